The van der Waals surface area contributed by atoms with Gasteiger partial charge in [-0.25, -0.2) is 23.3 Å². The van der Waals surface area contributed by atoms with E-state index >= 15 is 0 Å². The van der Waals surface area contributed by atoms with Gasteiger partial charge in [0.25, 0.3) is 0 Å². The summed E-state index contributed by atoms with van der Waals surface area (Å²) in [5.74, 6) is -0.851. The first kappa shape index (κ1) is 19.6. The zero-order chi connectivity index (χ0) is 20.4. The van der Waals surface area contributed by atoms with E-state index in [1.165, 1.54) is 29.7 Å². The van der Waals surface area contributed by atoms with Crippen molar-refractivity contribution in [3.05, 3.63) is 52.5 Å². The van der Waals surface area contributed by atoms with E-state index in [-0.39, 0.29) is 6.54 Å². The molecule has 9 heteroatoms. The fraction of sp³-hybridized carbons (Fsp3) is 0.400. The molecular weight excluding hydrogens is 393 g/mol. The van der Waals surface area contributed by atoms with Gasteiger partial charge in [-0.1, -0.05) is 37.1 Å². The molecule has 1 amide bonds. The van der Waals surface area contributed by atoms with Crippen LogP contribution in [-0.2, 0) is 11.3 Å². The summed E-state index contributed by atoms with van der Waals surface area (Å²) in [6, 6.07) is 4.45. The quantitative estimate of drug-likeness (QED) is 0.691. The summed E-state index contributed by atoms with van der Waals surface area (Å²) >= 11 is 1.65. The second-order valence-electron chi connectivity index (χ2n) is 7.26. The second kappa shape index (κ2) is 8.36. The van der Waals surface area contributed by atoms with Crippen molar-refractivity contribution >= 4 is 29.0 Å². The Balaban J connectivity index is 1.53. The highest BCUT2D eigenvalue weighted by Gasteiger charge is 2.20. The molecule has 0 spiro atoms. The van der Waals surface area contributed by atoms with Crippen molar-refractivity contribution in [2.45, 2.75) is 55.8 Å². The molecule has 0 unspecified atom stereocenters. The Kier molecular flexibility index (Phi) is 5.66. The predicted octanol–water partition coefficient (Wildman–Crippen LogP) is 3.40. The van der Waals surface area contributed by atoms with Crippen LogP contribution in [-0.4, -0.2) is 30.3 Å². The molecule has 0 radical (unpaired) electrons. The van der Waals surface area contributed by atoms with Crippen LogP contribution in [0.1, 0.15) is 37.7 Å². The van der Waals surface area contributed by atoms with Crippen LogP contribution in [0.2, 0.25) is 0 Å². The van der Waals surface area contributed by atoms with Crippen LogP contribution >= 0.6 is 11.8 Å². The highest BCUT2D eigenvalue weighted by molar-refractivity contribution is 8.00. The first-order chi connectivity index (χ1) is 14.0. The van der Waals surface area contributed by atoms with E-state index in [0.29, 0.717) is 27.2 Å². The zero-order valence-corrected chi connectivity index (χ0v) is 16.9. The van der Waals surface area contributed by atoms with E-state index in [9.17, 15) is 14.0 Å². The minimum Gasteiger partial charge on any atom is -0.324 e. The number of thioether (sulfide) groups is 1. The molecule has 1 fully saturated rings. The molecule has 1 aliphatic rings. The number of fused-ring (bicyclic) bond motifs is 1. The molecular formula is C20H22FN5O2S. The van der Waals surface area contributed by atoms with Crippen LogP contribution in [0.4, 0.5) is 10.1 Å². The Bertz CT molecular complexity index is 1100. The molecule has 152 valence electrons. The number of nitrogens with one attached hydrogen (secondary N) is 1. The van der Waals surface area contributed by atoms with Gasteiger partial charge in [0.2, 0.25) is 5.91 Å². The van der Waals surface area contributed by atoms with E-state index in [4.69, 9.17) is 0 Å². The topological polar surface area (TPSA) is 81.3 Å². The summed E-state index contributed by atoms with van der Waals surface area (Å²) < 4.78 is 16.2. The molecule has 29 heavy (non-hydrogen) atoms. The highest BCUT2D eigenvalue weighted by Crippen LogP contribution is 2.33. The van der Waals surface area contributed by atoms with Gasteiger partial charge in [-0.3, -0.25) is 4.79 Å². The Morgan fingerprint density at radius 2 is 2.10 bits per heavy atom. The molecule has 1 N–H and O–H groups in total. The molecule has 1 aliphatic carbocycles. The van der Waals surface area contributed by atoms with Crippen LogP contribution in [0.25, 0.3) is 5.65 Å². The van der Waals surface area contributed by atoms with Crippen LogP contribution in [0.15, 0.2) is 40.4 Å². The molecule has 4 rings (SSSR count). The Hall–Kier alpha value is -2.68. The summed E-state index contributed by atoms with van der Waals surface area (Å²) in [6.45, 7) is 1.39. The number of nitrogens with zero attached hydrogens (tertiary/aromatic N) is 4. The standard InChI is InChI=1S/C20H22FN5O2S/c1-13-7-8-14(11-16(13)21)23-17(27)12-26-20(28)25-10-9-22-19(18(25)24-26)29-15-5-3-2-4-6-15/h7-11,15H,2-6,12H2,1H3,(H,23,27). The molecule has 2 aromatic heterocycles. The smallest absolute Gasteiger partial charge is 0.324 e. The largest absolute Gasteiger partial charge is 0.350 e. The first-order valence-corrected chi connectivity index (χ1v) is 10.6. The number of carbonyl (C=O) groups excluding carboxylic acids is 1. The molecule has 7 nitrogen and oxygen atoms in total. The summed E-state index contributed by atoms with van der Waals surface area (Å²) in [4.78, 5) is 29.4. The molecule has 0 aliphatic heterocycles. The number of hydrogen-bond donors (Lipinski definition) is 1. The van der Waals surface area contributed by atoms with Gasteiger partial charge < -0.3 is 5.32 Å². The minimum atomic E-state index is -0.451. The normalized spacial score (nSPS) is 15.0. The van der Waals surface area contributed by atoms with Crippen LogP contribution in [0.3, 0.4) is 0 Å². The van der Waals surface area contributed by atoms with E-state index in [0.717, 1.165) is 17.5 Å². The Morgan fingerprint density at radius 3 is 2.86 bits per heavy atom. The number of benzene rings is 1. The number of rotatable bonds is 5. The van der Waals surface area contributed by atoms with Gasteiger partial charge in [0.15, 0.2) is 5.65 Å². The van der Waals surface area contributed by atoms with Gasteiger partial charge in [-0.05, 0) is 37.5 Å². The average Bonchev–Trinajstić information content (AvgIpc) is 3.02. The summed E-state index contributed by atoms with van der Waals surface area (Å²) in [7, 11) is 0. The lowest BCUT2D eigenvalue weighted by atomic mass is 10.0. The fourth-order valence-corrected chi connectivity index (χ4v) is 4.71. The maximum absolute atomic E-state index is 13.7. The van der Waals surface area contributed by atoms with Crippen molar-refractivity contribution in [3.63, 3.8) is 0 Å². The second-order valence-corrected chi connectivity index (χ2v) is 8.55. The monoisotopic (exact) mass is 415 g/mol. The van der Waals surface area contributed by atoms with E-state index < -0.39 is 17.4 Å². The van der Waals surface area contributed by atoms with E-state index in [2.05, 4.69) is 15.4 Å². The molecule has 3 aromatic rings. The molecule has 0 atom stereocenters. The summed E-state index contributed by atoms with van der Waals surface area (Å²) in [5.41, 5.74) is 0.889. The van der Waals surface area contributed by atoms with Crippen molar-refractivity contribution in [2.75, 3.05) is 5.32 Å². The number of amides is 1. The highest BCUT2D eigenvalue weighted by atomic mass is 32.2. The number of carbonyl (C=O) groups is 1. The van der Waals surface area contributed by atoms with Crippen molar-refractivity contribution in [1.82, 2.24) is 19.2 Å². The first-order valence-electron chi connectivity index (χ1n) is 9.68. The number of aromatic nitrogens is 4. The summed E-state index contributed by atoms with van der Waals surface area (Å²) in [5, 5.41) is 8.12. The van der Waals surface area contributed by atoms with Crippen LogP contribution < -0.4 is 11.0 Å². The number of halogens is 1. The molecule has 0 saturated heterocycles. The van der Waals surface area contributed by atoms with Crippen molar-refractivity contribution in [1.29, 1.82) is 0 Å². The van der Waals surface area contributed by atoms with Gasteiger partial charge in [0.05, 0.1) is 0 Å². The molecule has 2 heterocycles. The minimum absolute atomic E-state index is 0.260. The zero-order valence-electron chi connectivity index (χ0n) is 16.1. The van der Waals surface area contributed by atoms with Gasteiger partial charge >= 0.3 is 5.69 Å². The third-order valence-electron chi connectivity index (χ3n) is 5.05. The third kappa shape index (κ3) is 4.34. The Labute approximate surface area is 171 Å². The molecule has 0 bridgehead atoms. The van der Waals surface area contributed by atoms with Crippen molar-refractivity contribution in [2.24, 2.45) is 0 Å². The molecule has 1 aromatic carbocycles. The van der Waals surface area contributed by atoms with Gasteiger partial charge in [0.1, 0.15) is 17.4 Å². The van der Waals surface area contributed by atoms with Gasteiger partial charge in [-0.15, -0.1) is 5.10 Å². The van der Waals surface area contributed by atoms with Gasteiger partial charge in [-0.2, -0.15) is 0 Å². The van der Waals surface area contributed by atoms with Crippen molar-refractivity contribution in [3.8, 4) is 0 Å². The van der Waals surface area contributed by atoms with Gasteiger partial charge in [0, 0.05) is 23.3 Å². The van der Waals surface area contributed by atoms with E-state index in [1.54, 1.807) is 43.2 Å². The third-order valence-corrected chi connectivity index (χ3v) is 6.36. The fourth-order valence-electron chi connectivity index (χ4n) is 3.46. The lowest BCUT2D eigenvalue weighted by molar-refractivity contribution is -0.117. The van der Waals surface area contributed by atoms with Crippen LogP contribution in [0, 0.1) is 12.7 Å². The molecule has 1 saturated carbocycles. The maximum atomic E-state index is 13.7. The maximum Gasteiger partial charge on any atom is 0.350 e. The lowest BCUT2D eigenvalue weighted by Gasteiger charge is -2.20. The SMILES string of the molecule is Cc1ccc(NC(=O)Cn2nc3c(SC4CCCCC4)nccn3c2=O)cc1F. The van der Waals surface area contributed by atoms with E-state index in [1.807, 2.05) is 0 Å². The summed E-state index contributed by atoms with van der Waals surface area (Å²) in [6.07, 6.45) is 9.09. The van der Waals surface area contributed by atoms with Crippen LogP contribution in [0.5, 0.6) is 0 Å². The Morgan fingerprint density at radius 1 is 1.31 bits per heavy atom. The lowest BCUT2D eigenvalue weighted by Crippen LogP contribution is -2.28. The number of aryl methyl sites for hydroxylation is 1. The predicted molar refractivity (Wildman–Crippen MR) is 110 cm³/mol. The van der Waals surface area contributed by atoms with Crippen molar-refractivity contribution < 1.29 is 9.18 Å². The number of hydrogen-bond acceptors (Lipinski definition) is 5. The number of anilines is 1. The average molecular weight is 415 g/mol.